The van der Waals surface area contributed by atoms with E-state index in [2.05, 4.69) is 6.92 Å². The number of rotatable bonds is 3. The van der Waals surface area contributed by atoms with Crippen molar-refractivity contribution in [1.29, 1.82) is 0 Å². The molecule has 1 aliphatic heterocycles. The number of hydrogen-bond donors (Lipinski definition) is 1. The predicted octanol–water partition coefficient (Wildman–Crippen LogP) is 0.288. The molecule has 3 heteroatoms. The standard InChI is InChI=1S/C7H13NO2/c1-7(4-10-5-7)3-2-6(8)9/h2-5H2,1H3,(H2,8,9). The molecule has 1 aliphatic rings. The lowest BCUT2D eigenvalue weighted by molar-refractivity contribution is -0.125. The second kappa shape index (κ2) is 2.58. The number of carbonyl (C=O) groups is 1. The van der Waals surface area contributed by atoms with Gasteiger partial charge in [0.1, 0.15) is 0 Å². The molecule has 1 rings (SSSR count). The van der Waals surface area contributed by atoms with Crippen LogP contribution in [0.4, 0.5) is 0 Å². The molecule has 0 atom stereocenters. The van der Waals surface area contributed by atoms with Gasteiger partial charge in [0.2, 0.25) is 5.91 Å². The van der Waals surface area contributed by atoms with Crippen molar-refractivity contribution in [1.82, 2.24) is 0 Å². The third-order valence-corrected chi connectivity index (χ3v) is 1.88. The average Bonchev–Trinajstić information content (AvgIpc) is 1.79. The zero-order valence-electron chi connectivity index (χ0n) is 6.22. The summed E-state index contributed by atoms with van der Waals surface area (Å²) in [6, 6.07) is 0. The van der Waals surface area contributed by atoms with Crippen LogP contribution in [-0.4, -0.2) is 19.1 Å². The molecule has 1 amide bonds. The highest BCUT2D eigenvalue weighted by atomic mass is 16.5. The molecule has 58 valence electrons. The van der Waals surface area contributed by atoms with Crippen molar-refractivity contribution in [3.05, 3.63) is 0 Å². The van der Waals surface area contributed by atoms with Crippen LogP contribution in [0.1, 0.15) is 19.8 Å². The fraction of sp³-hybridized carbons (Fsp3) is 0.857. The first-order valence-electron chi connectivity index (χ1n) is 3.48. The van der Waals surface area contributed by atoms with Gasteiger partial charge in [0.25, 0.3) is 0 Å². The zero-order chi connectivity index (χ0) is 7.61. The SMILES string of the molecule is CC1(CCC(N)=O)COC1. The molecule has 1 saturated heterocycles. The Kier molecular flexibility index (Phi) is 1.94. The van der Waals surface area contributed by atoms with E-state index >= 15 is 0 Å². The van der Waals surface area contributed by atoms with Crippen LogP contribution >= 0.6 is 0 Å². The van der Waals surface area contributed by atoms with Crippen molar-refractivity contribution in [2.24, 2.45) is 11.1 Å². The quantitative estimate of drug-likeness (QED) is 0.617. The highest BCUT2D eigenvalue weighted by Gasteiger charge is 2.32. The topological polar surface area (TPSA) is 52.3 Å². The third kappa shape index (κ3) is 1.70. The minimum atomic E-state index is -0.215. The van der Waals surface area contributed by atoms with E-state index < -0.39 is 0 Å². The minimum Gasteiger partial charge on any atom is -0.380 e. The lowest BCUT2D eigenvalue weighted by atomic mass is 9.84. The molecule has 2 N–H and O–H groups in total. The van der Waals surface area contributed by atoms with Gasteiger partial charge in [-0.3, -0.25) is 4.79 Å². The van der Waals surface area contributed by atoms with Crippen molar-refractivity contribution < 1.29 is 9.53 Å². The summed E-state index contributed by atoms with van der Waals surface area (Å²) in [6.07, 6.45) is 1.35. The summed E-state index contributed by atoms with van der Waals surface area (Å²) in [6.45, 7) is 3.67. The van der Waals surface area contributed by atoms with Crippen molar-refractivity contribution in [2.45, 2.75) is 19.8 Å². The fourth-order valence-corrected chi connectivity index (χ4v) is 1.02. The van der Waals surface area contributed by atoms with Crippen LogP contribution in [0, 0.1) is 5.41 Å². The summed E-state index contributed by atoms with van der Waals surface area (Å²) in [5, 5.41) is 0. The second-order valence-electron chi connectivity index (χ2n) is 3.27. The number of primary amides is 1. The van der Waals surface area contributed by atoms with Gasteiger partial charge in [-0.15, -0.1) is 0 Å². The van der Waals surface area contributed by atoms with Crippen molar-refractivity contribution in [2.75, 3.05) is 13.2 Å². The third-order valence-electron chi connectivity index (χ3n) is 1.88. The first-order valence-corrected chi connectivity index (χ1v) is 3.48. The molecule has 0 aromatic carbocycles. The first kappa shape index (κ1) is 7.54. The van der Waals surface area contributed by atoms with Crippen LogP contribution in [-0.2, 0) is 9.53 Å². The molecule has 0 spiro atoms. The summed E-state index contributed by atoms with van der Waals surface area (Å²) in [5.74, 6) is -0.215. The van der Waals surface area contributed by atoms with Crippen LogP contribution in [0.25, 0.3) is 0 Å². The van der Waals surface area contributed by atoms with E-state index in [1.165, 1.54) is 0 Å². The molecule has 0 aliphatic carbocycles. The Morgan fingerprint density at radius 3 is 2.60 bits per heavy atom. The summed E-state index contributed by atoms with van der Waals surface area (Å²) >= 11 is 0. The number of ether oxygens (including phenoxy) is 1. The first-order chi connectivity index (χ1) is 4.62. The van der Waals surface area contributed by atoms with E-state index in [0.29, 0.717) is 6.42 Å². The van der Waals surface area contributed by atoms with E-state index in [-0.39, 0.29) is 11.3 Å². The van der Waals surface area contributed by atoms with E-state index in [9.17, 15) is 4.79 Å². The molecule has 0 radical (unpaired) electrons. The Balaban J connectivity index is 2.18. The largest absolute Gasteiger partial charge is 0.380 e. The highest BCUT2D eigenvalue weighted by Crippen LogP contribution is 2.31. The second-order valence-corrected chi connectivity index (χ2v) is 3.27. The molecule has 0 saturated carbocycles. The maximum absolute atomic E-state index is 10.4. The molecule has 0 aromatic heterocycles. The zero-order valence-corrected chi connectivity index (χ0v) is 6.22. The monoisotopic (exact) mass is 143 g/mol. The maximum atomic E-state index is 10.4. The molecule has 0 bridgehead atoms. The smallest absolute Gasteiger partial charge is 0.217 e. The van der Waals surface area contributed by atoms with Gasteiger partial charge in [-0.2, -0.15) is 0 Å². The molecule has 1 heterocycles. The van der Waals surface area contributed by atoms with Gasteiger partial charge in [-0.05, 0) is 6.42 Å². The van der Waals surface area contributed by atoms with Gasteiger partial charge >= 0.3 is 0 Å². The number of nitrogens with two attached hydrogens (primary N) is 1. The Labute approximate surface area is 60.5 Å². The molecule has 0 aromatic rings. The average molecular weight is 143 g/mol. The number of amides is 1. The molecular weight excluding hydrogens is 130 g/mol. The van der Waals surface area contributed by atoms with Gasteiger partial charge in [-0.25, -0.2) is 0 Å². The van der Waals surface area contributed by atoms with Crippen LogP contribution < -0.4 is 5.73 Å². The van der Waals surface area contributed by atoms with Crippen LogP contribution in [0.5, 0.6) is 0 Å². The number of hydrogen-bond acceptors (Lipinski definition) is 2. The van der Waals surface area contributed by atoms with Crippen molar-refractivity contribution in [3.63, 3.8) is 0 Å². The molecule has 3 nitrogen and oxygen atoms in total. The van der Waals surface area contributed by atoms with Crippen molar-refractivity contribution >= 4 is 5.91 Å². The van der Waals surface area contributed by atoms with Gasteiger partial charge in [0.05, 0.1) is 13.2 Å². The van der Waals surface area contributed by atoms with Crippen LogP contribution in [0.2, 0.25) is 0 Å². The van der Waals surface area contributed by atoms with Gasteiger partial charge < -0.3 is 10.5 Å². The molecule has 0 unspecified atom stereocenters. The van der Waals surface area contributed by atoms with Crippen molar-refractivity contribution in [3.8, 4) is 0 Å². The summed E-state index contributed by atoms with van der Waals surface area (Å²) < 4.78 is 5.02. The summed E-state index contributed by atoms with van der Waals surface area (Å²) in [7, 11) is 0. The highest BCUT2D eigenvalue weighted by molar-refractivity contribution is 5.73. The Morgan fingerprint density at radius 2 is 2.30 bits per heavy atom. The Bertz CT molecular complexity index is 141. The van der Waals surface area contributed by atoms with Gasteiger partial charge in [0.15, 0.2) is 0 Å². The van der Waals surface area contributed by atoms with E-state index in [4.69, 9.17) is 10.5 Å². The predicted molar refractivity (Wildman–Crippen MR) is 37.4 cm³/mol. The number of carbonyl (C=O) groups excluding carboxylic acids is 1. The van der Waals surface area contributed by atoms with Gasteiger partial charge in [0, 0.05) is 11.8 Å². The van der Waals surface area contributed by atoms with Crippen LogP contribution in [0.3, 0.4) is 0 Å². The normalized spacial score (nSPS) is 21.7. The Hall–Kier alpha value is -0.570. The minimum absolute atomic E-state index is 0.215. The lowest BCUT2D eigenvalue weighted by Gasteiger charge is -2.37. The molecule has 1 fully saturated rings. The van der Waals surface area contributed by atoms with Gasteiger partial charge in [-0.1, -0.05) is 6.92 Å². The van der Waals surface area contributed by atoms with Crippen LogP contribution in [0.15, 0.2) is 0 Å². The fourth-order valence-electron chi connectivity index (χ4n) is 1.02. The lowest BCUT2D eigenvalue weighted by Crippen LogP contribution is -2.40. The summed E-state index contributed by atoms with van der Waals surface area (Å²) in [5.41, 5.74) is 5.23. The molecular formula is C7H13NO2. The summed E-state index contributed by atoms with van der Waals surface area (Å²) in [4.78, 5) is 10.4. The molecule has 10 heavy (non-hydrogen) atoms. The van der Waals surface area contributed by atoms with E-state index in [0.717, 1.165) is 19.6 Å². The Morgan fingerprint density at radius 1 is 1.70 bits per heavy atom. The van der Waals surface area contributed by atoms with E-state index in [1.807, 2.05) is 0 Å². The maximum Gasteiger partial charge on any atom is 0.217 e. The van der Waals surface area contributed by atoms with E-state index in [1.54, 1.807) is 0 Å².